The Hall–Kier alpha value is -2.99. The summed E-state index contributed by atoms with van der Waals surface area (Å²) < 4.78 is 0. The van der Waals surface area contributed by atoms with E-state index >= 15 is 0 Å². The number of carbonyl (C=O) groups excluding carboxylic acids is 2. The van der Waals surface area contributed by atoms with E-state index in [1.807, 2.05) is 60.8 Å². The number of benzene rings is 2. The number of nitrogens with zero attached hydrogens (tertiary/aromatic N) is 2. The number of amides is 2. The molecule has 0 radical (unpaired) electrons. The van der Waals surface area contributed by atoms with Gasteiger partial charge in [-0.2, -0.15) is 0 Å². The highest BCUT2D eigenvalue weighted by Gasteiger charge is 2.20. The van der Waals surface area contributed by atoms with Crippen molar-refractivity contribution in [2.45, 2.75) is 19.8 Å². The number of carbonyl (C=O) groups is 2. The predicted octanol–water partition coefficient (Wildman–Crippen LogP) is 4.33. The number of para-hydroxylation sites is 1. The predicted molar refractivity (Wildman–Crippen MR) is 108 cm³/mol. The molecule has 1 aromatic heterocycles. The first-order valence-corrected chi connectivity index (χ1v) is 9.66. The van der Waals surface area contributed by atoms with Gasteiger partial charge >= 0.3 is 0 Å². The summed E-state index contributed by atoms with van der Waals surface area (Å²) in [5, 5.41) is 5.45. The van der Waals surface area contributed by atoms with Crippen LogP contribution >= 0.6 is 11.3 Å². The van der Waals surface area contributed by atoms with Gasteiger partial charge in [-0.1, -0.05) is 36.4 Å². The summed E-state index contributed by atoms with van der Waals surface area (Å²) in [7, 11) is 0. The van der Waals surface area contributed by atoms with E-state index in [1.54, 1.807) is 17.0 Å². The summed E-state index contributed by atoms with van der Waals surface area (Å²) in [6, 6.07) is 18.6. The first kappa shape index (κ1) is 18.8. The summed E-state index contributed by atoms with van der Waals surface area (Å²) in [6.07, 6.45) is 0.883. The molecule has 1 N–H and O–H groups in total. The minimum atomic E-state index is -0.126. The van der Waals surface area contributed by atoms with E-state index in [0.29, 0.717) is 30.1 Å². The number of hydrogen-bond donors (Lipinski definition) is 1. The van der Waals surface area contributed by atoms with Crippen LogP contribution in [0.3, 0.4) is 0 Å². The Labute approximate surface area is 162 Å². The average Bonchev–Trinajstić information content (AvgIpc) is 3.12. The molecule has 0 spiro atoms. The van der Waals surface area contributed by atoms with E-state index in [-0.39, 0.29) is 11.8 Å². The van der Waals surface area contributed by atoms with Gasteiger partial charge in [-0.3, -0.25) is 14.5 Å². The van der Waals surface area contributed by atoms with Crippen LogP contribution in [0.25, 0.3) is 0 Å². The first-order chi connectivity index (χ1) is 13.1. The third kappa shape index (κ3) is 5.01. The van der Waals surface area contributed by atoms with E-state index in [9.17, 15) is 9.59 Å². The van der Waals surface area contributed by atoms with Crippen molar-refractivity contribution in [2.75, 3.05) is 11.4 Å². The van der Waals surface area contributed by atoms with Crippen molar-refractivity contribution in [3.8, 4) is 0 Å². The van der Waals surface area contributed by atoms with Gasteiger partial charge in [0.05, 0.1) is 11.4 Å². The van der Waals surface area contributed by atoms with E-state index < -0.39 is 0 Å². The topological polar surface area (TPSA) is 62.3 Å². The van der Waals surface area contributed by atoms with Gasteiger partial charge in [-0.05, 0) is 37.6 Å². The molecule has 138 valence electrons. The number of hydrogen-bond acceptors (Lipinski definition) is 4. The third-order valence-corrected chi connectivity index (χ3v) is 4.89. The summed E-state index contributed by atoms with van der Waals surface area (Å²) in [6.45, 7) is 2.35. The summed E-state index contributed by atoms with van der Waals surface area (Å²) in [5.41, 5.74) is 2.30. The minimum absolute atomic E-state index is 0.0375. The highest BCUT2D eigenvalue weighted by atomic mass is 32.1. The van der Waals surface area contributed by atoms with Gasteiger partial charge in [-0.15, -0.1) is 11.3 Å². The SMILES string of the molecule is Cc1csc(N(C(=O)CCCNC(=O)c2ccccc2)c2ccccc2)n1. The van der Waals surface area contributed by atoms with Gasteiger partial charge in [0.15, 0.2) is 5.13 Å². The van der Waals surface area contributed by atoms with Crippen molar-refractivity contribution in [2.24, 2.45) is 0 Å². The van der Waals surface area contributed by atoms with Crippen LogP contribution in [0.1, 0.15) is 28.9 Å². The zero-order valence-corrected chi connectivity index (χ0v) is 15.9. The van der Waals surface area contributed by atoms with Gasteiger partial charge in [0, 0.05) is 23.9 Å². The lowest BCUT2D eigenvalue weighted by Crippen LogP contribution is -2.28. The zero-order chi connectivity index (χ0) is 19.1. The standard InChI is InChI=1S/C21H21N3O2S/c1-16-15-27-21(23-16)24(18-11-6-3-7-12-18)19(25)13-8-14-22-20(26)17-9-4-2-5-10-17/h2-7,9-12,15H,8,13-14H2,1H3,(H,22,26). The van der Waals surface area contributed by atoms with Gasteiger partial charge in [-0.25, -0.2) is 4.98 Å². The van der Waals surface area contributed by atoms with Crippen LogP contribution < -0.4 is 10.2 Å². The molecular formula is C21H21N3O2S. The Morgan fingerprint density at radius 2 is 1.70 bits per heavy atom. The molecule has 0 aliphatic carbocycles. The van der Waals surface area contributed by atoms with Crippen molar-refractivity contribution in [3.63, 3.8) is 0 Å². The van der Waals surface area contributed by atoms with Crippen LogP contribution in [-0.2, 0) is 4.79 Å². The van der Waals surface area contributed by atoms with Gasteiger partial charge in [0.25, 0.3) is 5.91 Å². The number of aryl methyl sites for hydroxylation is 1. The molecule has 3 rings (SSSR count). The first-order valence-electron chi connectivity index (χ1n) is 8.78. The highest BCUT2D eigenvalue weighted by molar-refractivity contribution is 7.14. The smallest absolute Gasteiger partial charge is 0.251 e. The Morgan fingerprint density at radius 1 is 1.04 bits per heavy atom. The summed E-state index contributed by atoms with van der Waals surface area (Å²) in [4.78, 5) is 31.0. The van der Waals surface area contributed by atoms with E-state index in [0.717, 1.165) is 11.4 Å². The Morgan fingerprint density at radius 3 is 2.33 bits per heavy atom. The molecule has 3 aromatic rings. The lowest BCUT2D eigenvalue weighted by Gasteiger charge is -2.20. The van der Waals surface area contributed by atoms with E-state index in [1.165, 1.54) is 11.3 Å². The molecule has 5 nitrogen and oxygen atoms in total. The van der Waals surface area contributed by atoms with Crippen molar-refractivity contribution in [3.05, 3.63) is 77.3 Å². The average molecular weight is 379 g/mol. The number of nitrogens with one attached hydrogen (secondary N) is 1. The Kier molecular flexibility index (Phi) is 6.33. The maximum Gasteiger partial charge on any atom is 0.251 e. The lowest BCUT2D eigenvalue weighted by molar-refractivity contribution is -0.118. The van der Waals surface area contributed by atoms with Crippen LogP contribution in [0.15, 0.2) is 66.0 Å². The molecule has 27 heavy (non-hydrogen) atoms. The summed E-state index contributed by atoms with van der Waals surface area (Å²) in [5.74, 6) is -0.164. The van der Waals surface area contributed by atoms with Crippen LogP contribution in [0.4, 0.5) is 10.8 Å². The van der Waals surface area contributed by atoms with Crippen molar-refractivity contribution in [1.29, 1.82) is 0 Å². The quantitative estimate of drug-likeness (QED) is 0.622. The number of thiazole rings is 1. The molecular weight excluding hydrogens is 358 g/mol. The second-order valence-corrected chi connectivity index (χ2v) is 6.90. The Bertz CT molecular complexity index is 894. The highest BCUT2D eigenvalue weighted by Crippen LogP contribution is 2.29. The second kappa shape index (κ2) is 9.09. The van der Waals surface area contributed by atoms with Gasteiger partial charge in [0.2, 0.25) is 5.91 Å². The van der Waals surface area contributed by atoms with Gasteiger partial charge < -0.3 is 5.32 Å². The molecule has 0 bridgehead atoms. The normalized spacial score (nSPS) is 10.4. The number of aromatic nitrogens is 1. The second-order valence-electron chi connectivity index (χ2n) is 6.06. The molecule has 0 saturated carbocycles. The fourth-order valence-corrected chi connectivity index (χ4v) is 3.47. The van der Waals surface area contributed by atoms with E-state index in [4.69, 9.17) is 0 Å². The monoisotopic (exact) mass is 379 g/mol. The van der Waals surface area contributed by atoms with Crippen LogP contribution in [0.2, 0.25) is 0 Å². The molecule has 0 aliphatic heterocycles. The Balaban J connectivity index is 1.59. The molecule has 6 heteroatoms. The van der Waals surface area contributed by atoms with Crippen molar-refractivity contribution in [1.82, 2.24) is 10.3 Å². The van der Waals surface area contributed by atoms with Crippen molar-refractivity contribution < 1.29 is 9.59 Å². The van der Waals surface area contributed by atoms with E-state index in [2.05, 4.69) is 10.3 Å². The molecule has 2 amide bonds. The number of rotatable bonds is 7. The van der Waals surface area contributed by atoms with Gasteiger partial charge in [0.1, 0.15) is 0 Å². The third-order valence-electron chi connectivity index (χ3n) is 3.95. The fraction of sp³-hybridized carbons (Fsp3) is 0.190. The van der Waals surface area contributed by atoms with Crippen molar-refractivity contribution >= 4 is 34.0 Å². The molecule has 1 heterocycles. The lowest BCUT2D eigenvalue weighted by atomic mass is 10.2. The molecule has 0 unspecified atom stereocenters. The maximum atomic E-state index is 12.8. The van der Waals surface area contributed by atoms with Crippen LogP contribution in [0.5, 0.6) is 0 Å². The summed E-state index contributed by atoms with van der Waals surface area (Å²) >= 11 is 1.45. The van der Waals surface area contributed by atoms with Crippen LogP contribution in [-0.4, -0.2) is 23.3 Å². The largest absolute Gasteiger partial charge is 0.352 e. The van der Waals surface area contributed by atoms with Crippen LogP contribution in [0, 0.1) is 6.92 Å². The zero-order valence-electron chi connectivity index (χ0n) is 15.1. The minimum Gasteiger partial charge on any atom is -0.352 e. The molecule has 0 atom stereocenters. The number of anilines is 2. The molecule has 0 aliphatic rings. The molecule has 0 saturated heterocycles. The molecule has 2 aromatic carbocycles. The molecule has 0 fully saturated rings. The fourth-order valence-electron chi connectivity index (χ4n) is 2.63. The maximum absolute atomic E-state index is 12.8.